The number of unbranched alkanes of at least 4 members (excludes halogenated alkanes) is 19. The Morgan fingerprint density at radius 1 is 0.276 bits per heavy atom. The summed E-state index contributed by atoms with van der Waals surface area (Å²) >= 11 is 0. The Bertz CT molecular complexity index is 269. The molecular weight excluding hydrogens is 368 g/mol. The van der Waals surface area contributed by atoms with Crippen molar-refractivity contribution in [1.29, 1.82) is 0 Å². The Balaban J connectivity index is 3.11. The van der Waals surface area contributed by atoms with Gasteiger partial charge in [-0.1, -0.05) is 136 Å². The third-order valence-electron chi connectivity index (χ3n) is 6.27. The van der Waals surface area contributed by atoms with Crippen LogP contribution in [0.25, 0.3) is 0 Å². The van der Waals surface area contributed by atoms with Crippen LogP contribution in [0.1, 0.15) is 162 Å². The molecular formula is C28H59S+. The van der Waals surface area contributed by atoms with Crippen LogP contribution >= 0.6 is 0 Å². The van der Waals surface area contributed by atoms with E-state index in [1.807, 2.05) is 0 Å². The van der Waals surface area contributed by atoms with Gasteiger partial charge in [-0.3, -0.25) is 0 Å². The topological polar surface area (TPSA) is 0 Å². The van der Waals surface area contributed by atoms with Crippen LogP contribution < -0.4 is 0 Å². The first-order chi connectivity index (χ1) is 14.3. The highest BCUT2D eigenvalue weighted by Crippen LogP contribution is 2.15. The highest BCUT2D eigenvalue weighted by Gasteiger charge is 2.14. The molecule has 0 bridgehead atoms. The number of rotatable bonds is 25. The molecule has 176 valence electrons. The van der Waals surface area contributed by atoms with Crippen LogP contribution in [0, 0.1) is 0 Å². The summed E-state index contributed by atoms with van der Waals surface area (Å²) in [5, 5.41) is 0. The van der Waals surface area contributed by atoms with Gasteiger partial charge in [-0.15, -0.1) is 0 Å². The maximum Gasteiger partial charge on any atom is 0.108 e. The molecule has 0 aliphatic carbocycles. The number of hydrogen-bond acceptors (Lipinski definition) is 0. The van der Waals surface area contributed by atoms with E-state index < -0.39 is 0 Å². The molecule has 0 heterocycles. The second-order valence-electron chi connectivity index (χ2n) is 9.44. The van der Waals surface area contributed by atoms with E-state index in [9.17, 15) is 0 Å². The zero-order chi connectivity index (χ0) is 21.3. The van der Waals surface area contributed by atoms with Crippen molar-refractivity contribution in [3.8, 4) is 0 Å². The first kappa shape index (κ1) is 29.4. The second-order valence-corrected chi connectivity index (χ2v) is 11.9. The molecule has 0 aromatic carbocycles. The van der Waals surface area contributed by atoms with Gasteiger partial charge < -0.3 is 0 Å². The summed E-state index contributed by atoms with van der Waals surface area (Å²) in [6.45, 7) is 7.01. The molecule has 0 amide bonds. The van der Waals surface area contributed by atoms with Crippen molar-refractivity contribution in [1.82, 2.24) is 0 Å². The third kappa shape index (κ3) is 24.5. The van der Waals surface area contributed by atoms with E-state index >= 15 is 0 Å². The minimum absolute atomic E-state index is 0.756. The summed E-state index contributed by atoms with van der Waals surface area (Å²) in [7, 11) is 0.756. The zero-order valence-electron chi connectivity index (χ0n) is 21.1. The van der Waals surface area contributed by atoms with E-state index in [-0.39, 0.29) is 0 Å². The van der Waals surface area contributed by atoms with Gasteiger partial charge in [0.25, 0.3) is 0 Å². The molecule has 0 aliphatic heterocycles. The summed E-state index contributed by atoms with van der Waals surface area (Å²) in [6, 6.07) is 0. The van der Waals surface area contributed by atoms with E-state index in [1.165, 1.54) is 159 Å². The van der Waals surface area contributed by atoms with E-state index in [0.717, 1.165) is 10.9 Å². The Morgan fingerprint density at radius 3 is 0.828 bits per heavy atom. The molecule has 0 unspecified atom stereocenters. The maximum atomic E-state index is 2.35. The first-order valence-corrected chi connectivity index (χ1v) is 15.7. The fourth-order valence-electron chi connectivity index (χ4n) is 4.44. The molecule has 0 spiro atoms. The highest BCUT2D eigenvalue weighted by atomic mass is 32.2. The van der Waals surface area contributed by atoms with Crippen LogP contribution in [0.4, 0.5) is 0 Å². The largest absolute Gasteiger partial charge is 0.108 e. The lowest BCUT2D eigenvalue weighted by Crippen LogP contribution is -2.15. The molecule has 0 nitrogen and oxygen atoms in total. The molecule has 0 fully saturated rings. The Morgan fingerprint density at radius 2 is 0.552 bits per heavy atom. The molecule has 0 aromatic rings. The smallest absolute Gasteiger partial charge is 0.0654 e. The summed E-state index contributed by atoms with van der Waals surface area (Å²) in [5.74, 6) is 4.51. The predicted octanol–water partition coefficient (Wildman–Crippen LogP) is 10.2. The van der Waals surface area contributed by atoms with Crippen molar-refractivity contribution in [2.75, 3.05) is 17.3 Å². The molecule has 0 saturated carbocycles. The van der Waals surface area contributed by atoms with Crippen molar-refractivity contribution in [3.05, 3.63) is 0 Å². The molecule has 29 heavy (non-hydrogen) atoms. The fourth-order valence-corrected chi connectivity index (χ4v) is 6.82. The monoisotopic (exact) mass is 427 g/mol. The van der Waals surface area contributed by atoms with Gasteiger partial charge in [0.2, 0.25) is 0 Å². The summed E-state index contributed by atoms with van der Waals surface area (Å²) in [6.07, 6.45) is 32.4. The average Bonchev–Trinajstić information content (AvgIpc) is 2.72. The lowest BCUT2D eigenvalue weighted by Gasteiger charge is -2.07. The van der Waals surface area contributed by atoms with E-state index in [2.05, 4.69) is 20.8 Å². The van der Waals surface area contributed by atoms with Gasteiger partial charge in [-0.2, -0.15) is 0 Å². The lowest BCUT2D eigenvalue weighted by molar-refractivity contribution is 0.523. The normalized spacial score (nSPS) is 11.6. The van der Waals surface area contributed by atoms with Gasteiger partial charge in [-0.25, -0.2) is 0 Å². The molecule has 0 N–H and O–H groups in total. The molecule has 0 rings (SSSR count). The average molecular weight is 428 g/mol. The summed E-state index contributed by atoms with van der Waals surface area (Å²) < 4.78 is 0. The van der Waals surface area contributed by atoms with Crippen LogP contribution in [-0.4, -0.2) is 17.3 Å². The van der Waals surface area contributed by atoms with E-state index in [4.69, 9.17) is 0 Å². The quantitative estimate of drug-likeness (QED) is 0.100. The van der Waals surface area contributed by atoms with Gasteiger partial charge in [0.05, 0.1) is 0 Å². The van der Waals surface area contributed by atoms with Crippen molar-refractivity contribution in [2.24, 2.45) is 0 Å². The van der Waals surface area contributed by atoms with Crippen molar-refractivity contribution in [2.45, 2.75) is 162 Å². The van der Waals surface area contributed by atoms with Gasteiger partial charge >= 0.3 is 0 Å². The second kappa shape index (κ2) is 26.4. The van der Waals surface area contributed by atoms with Crippen molar-refractivity contribution in [3.63, 3.8) is 0 Å². The Hall–Kier alpha value is 0.350. The molecule has 0 aliphatic rings. The molecule has 0 saturated heterocycles. The van der Waals surface area contributed by atoms with Crippen LogP contribution in [-0.2, 0) is 10.9 Å². The molecule has 0 aromatic heterocycles. The van der Waals surface area contributed by atoms with Crippen LogP contribution in [0.5, 0.6) is 0 Å². The van der Waals surface area contributed by atoms with Crippen molar-refractivity contribution >= 4 is 10.9 Å². The minimum Gasteiger partial charge on any atom is -0.0654 e. The van der Waals surface area contributed by atoms with E-state index in [0.29, 0.717) is 0 Å². The van der Waals surface area contributed by atoms with Crippen LogP contribution in [0.3, 0.4) is 0 Å². The maximum absolute atomic E-state index is 2.35. The van der Waals surface area contributed by atoms with Gasteiger partial charge in [0.15, 0.2) is 0 Å². The lowest BCUT2D eigenvalue weighted by atomic mass is 10.0. The Labute approximate surface area is 190 Å². The summed E-state index contributed by atoms with van der Waals surface area (Å²) in [5.41, 5.74) is 0. The molecule has 1 heteroatoms. The van der Waals surface area contributed by atoms with Gasteiger partial charge in [0.1, 0.15) is 17.3 Å². The standard InChI is InChI=1S/C28H59S/c1-4-7-8-9-10-11-12-13-14-15-16-17-18-19-20-21-22-23-24-25-28-29(26-5-2)27-6-3/h4-28H2,1-3H3/q+1. The predicted molar refractivity (Wildman–Crippen MR) is 141 cm³/mol. The fraction of sp³-hybridized carbons (Fsp3) is 1.00. The van der Waals surface area contributed by atoms with Crippen LogP contribution in [0.15, 0.2) is 0 Å². The molecule has 0 radical (unpaired) electrons. The van der Waals surface area contributed by atoms with Gasteiger partial charge in [-0.05, 0) is 36.6 Å². The summed E-state index contributed by atoms with van der Waals surface area (Å²) in [4.78, 5) is 0. The minimum atomic E-state index is 0.756. The zero-order valence-corrected chi connectivity index (χ0v) is 21.9. The SMILES string of the molecule is CCCCCCCCCCCCCCCCCCCCCC[S+](CCC)CCC. The Kier molecular flexibility index (Phi) is 26.7. The first-order valence-electron chi connectivity index (χ1n) is 14.0. The van der Waals surface area contributed by atoms with Gasteiger partial charge in [0, 0.05) is 0 Å². The molecule has 0 atom stereocenters. The number of hydrogen-bond donors (Lipinski definition) is 0. The van der Waals surface area contributed by atoms with Crippen molar-refractivity contribution < 1.29 is 0 Å². The van der Waals surface area contributed by atoms with Crippen LogP contribution in [0.2, 0.25) is 0 Å². The van der Waals surface area contributed by atoms with E-state index in [1.54, 1.807) is 0 Å². The third-order valence-corrected chi connectivity index (χ3v) is 9.11. The highest BCUT2D eigenvalue weighted by molar-refractivity contribution is 7.96.